The molecule has 2 unspecified atom stereocenters. The van der Waals surface area contributed by atoms with Gasteiger partial charge in [-0.2, -0.15) is 0 Å². The van der Waals surface area contributed by atoms with Gasteiger partial charge in [0.25, 0.3) is 0 Å². The summed E-state index contributed by atoms with van der Waals surface area (Å²) in [5, 5.41) is 9.29. The van der Waals surface area contributed by atoms with Gasteiger partial charge in [-0.15, -0.1) is 0 Å². The Bertz CT molecular complexity index is 350. The van der Waals surface area contributed by atoms with Gasteiger partial charge in [0, 0.05) is 12.1 Å². The molecule has 3 aliphatic rings. The van der Waals surface area contributed by atoms with Gasteiger partial charge in [0.05, 0.1) is 5.41 Å². The number of carbonyl (C=O) groups is 1. The van der Waals surface area contributed by atoms with Crippen LogP contribution in [0.4, 0.5) is 0 Å². The van der Waals surface area contributed by atoms with Gasteiger partial charge >= 0.3 is 5.97 Å². The molecule has 0 radical (unpaired) electrons. The zero-order chi connectivity index (χ0) is 13.5. The van der Waals surface area contributed by atoms with Crippen LogP contribution in [0.1, 0.15) is 45.4 Å². The highest BCUT2D eigenvalue weighted by Crippen LogP contribution is 2.35. The Labute approximate surface area is 115 Å². The summed E-state index contributed by atoms with van der Waals surface area (Å²) in [6.45, 7) is 6.41. The highest BCUT2D eigenvalue weighted by Gasteiger charge is 2.40. The van der Waals surface area contributed by atoms with Crippen molar-refractivity contribution in [3.8, 4) is 0 Å². The summed E-state index contributed by atoms with van der Waals surface area (Å²) in [6.07, 6.45) is 6.95. The van der Waals surface area contributed by atoms with Crippen LogP contribution in [-0.2, 0) is 4.79 Å². The molecule has 1 N–H and O–H groups in total. The third kappa shape index (κ3) is 2.52. The second-order valence-corrected chi connectivity index (χ2v) is 6.91. The quantitative estimate of drug-likeness (QED) is 0.828. The molecule has 0 aromatic rings. The first-order valence-electron chi connectivity index (χ1n) is 7.80. The van der Waals surface area contributed by atoms with E-state index in [1.165, 1.54) is 38.8 Å². The van der Waals surface area contributed by atoms with Crippen LogP contribution in [0, 0.1) is 5.41 Å². The summed E-state index contributed by atoms with van der Waals surface area (Å²) in [5.74, 6) is -0.613. The molecule has 0 amide bonds. The molecular weight excluding hydrogens is 240 g/mol. The second-order valence-electron chi connectivity index (χ2n) is 6.91. The van der Waals surface area contributed by atoms with Crippen molar-refractivity contribution in [2.24, 2.45) is 5.41 Å². The lowest BCUT2D eigenvalue weighted by Crippen LogP contribution is -2.52. The van der Waals surface area contributed by atoms with Crippen molar-refractivity contribution in [3.05, 3.63) is 0 Å². The molecule has 2 atom stereocenters. The molecule has 0 saturated carbocycles. The van der Waals surface area contributed by atoms with Crippen molar-refractivity contribution in [1.82, 2.24) is 9.80 Å². The van der Waals surface area contributed by atoms with E-state index in [-0.39, 0.29) is 0 Å². The highest BCUT2D eigenvalue weighted by molar-refractivity contribution is 5.74. The van der Waals surface area contributed by atoms with Crippen LogP contribution >= 0.6 is 0 Å². The fraction of sp³-hybridized carbons (Fsp3) is 0.933. The number of hydrogen-bond donors (Lipinski definition) is 1. The maximum Gasteiger partial charge on any atom is 0.309 e. The number of carboxylic acid groups (broad SMARTS) is 1. The number of likely N-dealkylation sites (tertiary alicyclic amines) is 1. The van der Waals surface area contributed by atoms with Crippen LogP contribution in [0.15, 0.2) is 0 Å². The third-order valence-corrected chi connectivity index (χ3v) is 5.73. The first-order chi connectivity index (χ1) is 9.08. The molecule has 19 heavy (non-hydrogen) atoms. The lowest BCUT2D eigenvalue weighted by Gasteiger charge is -2.45. The minimum atomic E-state index is -0.613. The fourth-order valence-electron chi connectivity index (χ4n) is 4.13. The van der Waals surface area contributed by atoms with E-state index >= 15 is 0 Å². The molecule has 0 bridgehead atoms. The molecular formula is C15H26N2O2. The van der Waals surface area contributed by atoms with Crippen molar-refractivity contribution < 1.29 is 9.90 Å². The van der Waals surface area contributed by atoms with Crippen molar-refractivity contribution in [2.75, 3.05) is 26.2 Å². The molecule has 0 spiro atoms. The van der Waals surface area contributed by atoms with Crippen LogP contribution in [0.3, 0.4) is 0 Å². The number of piperidine rings is 2. The van der Waals surface area contributed by atoms with Crippen molar-refractivity contribution in [1.29, 1.82) is 0 Å². The number of fused-ring (bicyclic) bond motifs is 1. The van der Waals surface area contributed by atoms with E-state index in [1.807, 2.05) is 6.92 Å². The van der Waals surface area contributed by atoms with Crippen LogP contribution in [-0.4, -0.2) is 59.1 Å². The summed E-state index contributed by atoms with van der Waals surface area (Å²) in [4.78, 5) is 16.5. The van der Waals surface area contributed by atoms with Gasteiger partial charge < -0.3 is 14.9 Å². The van der Waals surface area contributed by atoms with Gasteiger partial charge in [-0.3, -0.25) is 4.79 Å². The number of hydrogen-bond acceptors (Lipinski definition) is 3. The zero-order valence-corrected chi connectivity index (χ0v) is 12.0. The summed E-state index contributed by atoms with van der Waals surface area (Å²) in [6, 6.07) is 1.52. The van der Waals surface area contributed by atoms with Crippen molar-refractivity contribution >= 4 is 5.97 Å². The van der Waals surface area contributed by atoms with Crippen LogP contribution in [0.2, 0.25) is 0 Å². The summed E-state index contributed by atoms with van der Waals surface area (Å²) in [7, 11) is 0. The van der Waals surface area contributed by atoms with Crippen molar-refractivity contribution in [2.45, 2.75) is 57.5 Å². The predicted octanol–water partition coefficient (Wildman–Crippen LogP) is 1.80. The van der Waals surface area contributed by atoms with Gasteiger partial charge in [0.1, 0.15) is 0 Å². The Morgan fingerprint density at radius 3 is 2.37 bits per heavy atom. The van der Waals surface area contributed by atoms with E-state index in [0.717, 1.165) is 32.0 Å². The SMILES string of the molecule is CC1(C(=O)O)CCN(C2CCN3CCCC3C2)CC1. The molecule has 0 aliphatic carbocycles. The van der Waals surface area contributed by atoms with Crippen LogP contribution in [0.25, 0.3) is 0 Å². The average Bonchev–Trinajstić information content (AvgIpc) is 2.86. The summed E-state index contributed by atoms with van der Waals surface area (Å²) >= 11 is 0. The van der Waals surface area contributed by atoms with Gasteiger partial charge in [-0.1, -0.05) is 0 Å². The fourth-order valence-corrected chi connectivity index (χ4v) is 4.13. The number of rotatable bonds is 2. The van der Waals surface area contributed by atoms with Crippen molar-refractivity contribution in [3.63, 3.8) is 0 Å². The first kappa shape index (κ1) is 13.4. The molecule has 0 aromatic heterocycles. The smallest absolute Gasteiger partial charge is 0.309 e. The molecule has 3 rings (SSSR count). The largest absolute Gasteiger partial charge is 0.481 e. The van der Waals surface area contributed by atoms with E-state index in [9.17, 15) is 9.90 Å². The Morgan fingerprint density at radius 2 is 1.68 bits per heavy atom. The standard InChI is InChI=1S/C15H26N2O2/c1-15(14(18)19)5-9-17(10-6-15)13-4-8-16-7-2-3-12(16)11-13/h12-13H,2-11H2,1H3,(H,18,19). The normalized spacial score (nSPS) is 36.1. The second kappa shape index (κ2) is 5.06. The summed E-state index contributed by atoms with van der Waals surface area (Å²) in [5.41, 5.74) is -0.482. The van der Waals surface area contributed by atoms with Crippen LogP contribution in [0.5, 0.6) is 0 Å². The topological polar surface area (TPSA) is 43.8 Å². The maximum absolute atomic E-state index is 11.3. The number of nitrogens with zero attached hydrogens (tertiary/aromatic N) is 2. The molecule has 4 nitrogen and oxygen atoms in total. The average molecular weight is 266 g/mol. The van der Waals surface area contributed by atoms with E-state index in [0.29, 0.717) is 6.04 Å². The Hall–Kier alpha value is -0.610. The monoisotopic (exact) mass is 266 g/mol. The van der Waals surface area contributed by atoms with Crippen LogP contribution < -0.4 is 0 Å². The predicted molar refractivity (Wildman–Crippen MR) is 74.2 cm³/mol. The molecule has 3 aliphatic heterocycles. The minimum Gasteiger partial charge on any atom is -0.481 e. The van der Waals surface area contributed by atoms with Gasteiger partial charge in [-0.05, 0) is 71.6 Å². The molecule has 108 valence electrons. The molecule has 3 heterocycles. The summed E-state index contributed by atoms with van der Waals surface area (Å²) < 4.78 is 0. The molecule has 3 saturated heterocycles. The minimum absolute atomic E-state index is 0.482. The Balaban J connectivity index is 1.55. The van der Waals surface area contributed by atoms with E-state index in [1.54, 1.807) is 0 Å². The highest BCUT2D eigenvalue weighted by atomic mass is 16.4. The van der Waals surface area contributed by atoms with E-state index in [4.69, 9.17) is 0 Å². The molecule has 3 fully saturated rings. The van der Waals surface area contributed by atoms with Gasteiger partial charge in [0.2, 0.25) is 0 Å². The molecule has 0 aromatic carbocycles. The van der Waals surface area contributed by atoms with Gasteiger partial charge in [0.15, 0.2) is 0 Å². The maximum atomic E-state index is 11.3. The Kier molecular flexibility index (Phi) is 3.56. The zero-order valence-electron chi connectivity index (χ0n) is 12.0. The molecule has 4 heteroatoms. The van der Waals surface area contributed by atoms with E-state index < -0.39 is 11.4 Å². The number of aliphatic carboxylic acids is 1. The van der Waals surface area contributed by atoms with E-state index in [2.05, 4.69) is 9.80 Å². The lowest BCUT2D eigenvalue weighted by molar-refractivity contribution is -0.151. The third-order valence-electron chi connectivity index (χ3n) is 5.73. The number of carboxylic acids is 1. The van der Waals surface area contributed by atoms with Gasteiger partial charge in [-0.25, -0.2) is 0 Å². The Morgan fingerprint density at radius 1 is 1.05 bits per heavy atom. The lowest BCUT2D eigenvalue weighted by atomic mass is 9.79. The first-order valence-corrected chi connectivity index (χ1v) is 7.80.